The maximum absolute atomic E-state index is 5.78. The molecule has 0 saturated carbocycles. The molecule has 1 fully saturated rings. The van der Waals surface area contributed by atoms with E-state index in [4.69, 9.17) is 9.31 Å². The van der Waals surface area contributed by atoms with Crippen molar-refractivity contribution >= 4 is 12.6 Å². The molecule has 5 nitrogen and oxygen atoms in total. The second-order valence-corrected chi connectivity index (χ2v) is 5.98. The normalized spacial score (nSPS) is 18.2. The highest BCUT2D eigenvalue weighted by atomic mass is 16.6. The number of hydrogen-bond donors (Lipinski definition) is 0. The molecule has 20 heavy (non-hydrogen) atoms. The van der Waals surface area contributed by atoms with Crippen LogP contribution in [0.15, 0.2) is 30.5 Å². The molecule has 1 aliphatic rings. The van der Waals surface area contributed by atoms with Gasteiger partial charge >= 0.3 is 7.12 Å². The fourth-order valence-electron chi connectivity index (χ4n) is 2.25. The molecule has 104 valence electrons. The van der Waals surface area contributed by atoms with Gasteiger partial charge in [0.15, 0.2) is 0 Å². The zero-order chi connectivity index (χ0) is 14.2. The molecule has 6 heteroatoms. The molecule has 0 amide bonds. The van der Waals surface area contributed by atoms with Gasteiger partial charge in [-0.3, -0.25) is 0 Å². The number of aromatic nitrogens is 3. The zero-order valence-electron chi connectivity index (χ0n) is 12.0. The summed E-state index contributed by atoms with van der Waals surface area (Å²) in [6.07, 6.45) is 1.76. The highest BCUT2D eigenvalue weighted by molar-refractivity contribution is 6.61. The van der Waals surface area contributed by atoms with E-state index in [0.717, 1.165) is 16.7 Å². The minimum atomic E-state index is -0.262. The minimum absolute atomic E-state index is 0.0941. The molecular formula is C14H18BN3O2. The molecular weight excluding hydrogens is 253 g/mol. The molecule has 1 saturated heterocycles. The summed E-state index contributed by atoms with van der Waals surface area (Å²) in [5, 5.41) is 7.83. The van der Waals surface area contributed by atoms with Crippen LogP contribution in [0.5, 0.6) is 0 Å². The standard InChI is InChI=1S/C14H18BN3O2/c1-14(2)9-19-15(20-10-14)12-6-4-11(5-7-12)13-8-16-17-18(13)3/h4-8H,9-10H2,1-3H3. The van der Waals surface area contributed by atoms with E-state index in [9.17, 15) is 0 Å². The Balaban J connectivity index is 1.76. The summed E-state index contributed by atoms with van der Waals surface area (Å²) < 4.78 is 13.3. The van der Waals surface area contributed by atoms with Gasteiger partial charge in [-0.15, -0.1) is 5.10 Å². The van der Waals surface area contributed by atoms with Crippen molar-refractivity contribution in [3.8, 4) is 11.3 Å². The molecule has 1 aliphatic heterocycles. The monoisotopic (exact) mass is 271 g/mol. The van der Waals surface area contributed by atoms with Gasteiger partial charge in [0.2, 0.25) is 0 Å². The van der Waals surface area contributed by atoms with Gasteiger partial charge in [0, 0.05) is 31.2 Å². The molecule has 2 heterocycles. The molecule has 0 bridgehead atoms. The van der Waals surface area contributed by atoms with E-state index in [1.54, 1.807) is 10.9 Å². The van der Waals surface area contributed by atoms with Crippen LogP contribution in [-0.4, -0.2) is 35.3 Å². The van der Waals surface area contributed by atoms with Crippen molar-refractivity contribution in [3.63, 3.8) is 0 Å². The highest BCUT2D eigenvalue weighted by Gasteiger charge is 2.33. The van der Waals surface area contributed by atoms with Crippen molar-refractivity contribution in [2.45, 2.75) is 13.8 Å². The van der Waals surface area contributed by atoms with Crippen LogP contribution >= 0.6 is 0 Å². The summed E-state index contributed by atoms with van der Waals surface area (Å²) in [6, 6.07) is 8.15. The average molecular weight is 271 g/mol. The fraction of sp³-hybridized carbons (Fsp3) is 0.429. The lowest BCUT2D eigenvalue weighted by Gasteiger charge is -2.33. The lowest BCUT2D eigenvalue weighted by Crippen LogP contribution is -2.47. The van der Waals surface area contributed by atoms with E-state index < -0.39 is 0 Å². The SMILES string of the molecule is Cn1nncc1-c1ccc(B2OCC(C)(C)CO2)cc1. The van der Waals surface area contributed by atoms with Gasteiger partial charge in [0.25, 0.3) is 0 Å². The molecule has 0 aliphatic carbocycles. The van der Waals surface area contributed by atoms with Crippen LogP contribution in [0.1, 0.15) is 13.8 Å². The number of nitrogens with zero attached hydrogens (tertiary/aromatic N) is 3. The van der Waals surface area contributed by atoms with Gasteiger partial charge in [-0.1, -0.05) is 43.3 Å². The Labute approximate surface area is 119 Å². The Morgan fingerprint density at radius 1 is 1.15 bits per heavy atom. The lowest BCUT2D eigenvalue weighted by atomic mass is 9.75. The number of hydrogen-bond acceptors (Lipinski definition) is 4. The van der Waals surface area contributed by atoms with Crippen LogP contribution in [-0.2, 0) is 16.4 Å². The second-order valence-electron chi connectivity index (χ2n) is 5.98. The minimum Gasteiger partial charge on any atom is -0.407 e. The Bertz CT molecular complexity index is 585. The van der Waals surface area contributed by atoms with Crippen LogP contribution in [0.2, 0.25) is 0 Å². The molecule has 2 aromatic rings. The molecule has 1 aromatic heterocycles. The first-order chi connectivity index (χ1) is 9.55. The fourth-order valence-corrected chi connectivity index (χ4v) is 2.25. The Morgan fingerprint density at radius 3 is 2.35 bits per heavy atom. The number of rotatable bonds is 2. The molecule has 0 atom stereocenters. The third-order valence-corrected chi connectivity index (χ3v) is 3.44. The summed E-state index contributed by atoms with van der Waals surface area (Å²) >= 11 is 0. The van der Waals surface area contributed by atoms with E-state index in [1.165, 1.54) is 0 Å². The van der Waals surface area contributed by atoms with Gasteiger partial charge in [0.05, 0.1) is 11.9 Å². The van der Waals surface area contributed by atoms with Crippen LogP contribution in [0.25, 0.3) is 11.3 Å². The van der Waals surface area contributed by atoms with E-state index in [0.29, 0.717) is 13.2 Å². The van der Waals surface area contributed by atoms with Crippen molar-refractivity contribution in [1.82, 2.24) is 15.0 Å². The Morgan fingerprint density at radius 2 is 1.80 bits per heavy atom. The highest BCUT2D eigenvalue weighted by Crippen LogP contribution is 2.22. The average Bonchev–Trinajstić information content (AvgIpc) is 2.85. The van der Waals surface area contributed by atoms with E-state index >= 15 is 0 Å². The maximum atomic E-state index is 5.78. The van der Waals surface area contributed by atoms with Crippen LogP contribution in [0.3, 0.4) is 0 Å². The smallest absolute Gasteiger partial charge is 0.407 e. The Hall–Kier alpha value is -1.66. The van der Waals surface area contributed by atoms with Gasteiger partial charge in [-0.25, -0.2) is 4.68 Å². The van der Waals surface area contributed by atoms with Crippen molar-refractivity contribution in [2.75, 3.05) is 13.2 Å². The first-order valence-electron chi connectivity index (χ1n) is 6.73. The first-order valence-corrected chi connectivity index (χ1v) is 6.73. The summed E-state index contributed by atoms with van der Waals surface area (Å²) in [5.74, 6) is 0. The largest absolute Gasteiger partial charge is 0.493 e. The molecule has 0 spiro atoms. The molecule has 1 aromatic carbocycles. The third kappa shape index (κ3) is 2.62. The van der Waals surface area contributed by atoms with Gasteiger partial charge in [-0.05, 0) is 5.46 Å². The lowest BCUT2D eigenvalue weighted by molar-refractivity contribution is 0.0343. The summed E-state index contributed by atoms with van der Waals surface area (Å²) in [5.41, 5.74) is 3.21. The number of aryl methyl sites for hydroxylation is 1. The van der Waals surface area contributed by atoms with Crippen molar-refractivity contribution in [2.24, 2.45) is 12.5 Å². The molecule has 0 N–H and O–H groups in total. The van der Waals surface area contributed by atoms with Crippen LogP contribution in [0.4, 0.5) is 0 Å². The van der Waals surface area contributed by atoms with Gasteiger partial charge < -0.3 is 9.31 Å². The van der Waals surface area contributed by atoms with E-state index in [2.05, 4.69) is 24.2 Å². The van der Waals surface area contributed by atoms with Crippen molar-refractivity contribution in [1.29, 1.82) is 0 Å². The van der Waals surface area contributed by atoms with Crippen molar-refractivity contribution < 1.29 is 9.31 Å². The van der Waals surface area contributed by atoms with Gasteiger partial charge in [-0.2, -0.15) is 0 Å². The molecule has 3 rings (SSSR count). The van der Waals surface area contributed by atoms with E-state index in [-0.39, 0.29) is 12.5 Å². The third-order valence-electron chi connectivity index (χ3n) is 3.44. The zero-order valence-corrected chi connectivity index (χ0v) is 12.0. The van der Waals surface area contributed by atoms with Crippen LogP contribution < -0.4 is 5.46 Å². The summed E-state index contributed by atoms with van der Waals surface area (Å²) in [6.45, 7) is 5.71. The first kappa shape index (κ1) is 13.3. The molecule has 0 unspecified atom stereocenters. The predicted octanol–water partition coefficient (Wildman–Crippen LogP) is 1.25. The topological polar surface area (TPSA) is 49.2 Å². The van der Waals surface area contributed by atoms with Crippen LogP contribution in [0, 0.1) is 5.41 Å². The quantitative estimate of drug-likeness (QED) is 0.771. The van der Waals surface area contributed by atoms with E-state index in [1.807, 2.05) is 31.3 Å². The maximum Gasteiger partial charge on any atom is 0.493 e. The van der Waals surface area contributed by atoms with Gasteiger partial charge in [0.1, 0.15) is 0 Å². The Kier molecular flexibility index (Phi) is 3.35. The molecule has 0 radical (unpaired) electrons. The second kappa shape index (κ2) is 5.03. The summed E-state index contributed by atoms with van der Waals surface area (Å²) in [4.78, 5) is 0. The van der Waals surface area contributed by atoms with Crippen molar-refractivity contribution in [3.05, 3.63) is 30.5 Å². The number of benzene rings is 1. The summed E-state index contributed by atoms with van der Waals surface area (Å²) in [7, 11) is 1.62. The predicted molar refractivity (Wildman–Crippen MR) is 77.5 cm³/mol.